The van der Waals surface area contributed by atoms with Crippen LogP contribution in [-0.2, 0) is 0 Å². The SMILES string of the molecule is Cc1cc(C)c(N(c2ccc(C=CC=C(c3ccccc3)c3ccccc3)cc2)c2ccc(C=Cc3ccc(C=Cc4ccc(N(c5ccc(C=CC=C(c6ccccc6)c6ccccc6)cc5)c5c(C)cc(C)cc5C)cc4)cc3)cc2)c(C)c1. The number of anilines is 6. The molecule has 86 heavy (non-hydrogen) atoms. The average molecular weight is 1110 g/mol. The van der Waals surface area contributed by atoms with Gasteiger partial charge in [-0.05, 0) is 179 Å². The van der Waals surface area contributed by atoms with Gasteiger partial charge in [0.25, 0.3) is 0 Å². The number of benzene rings is 11. The summed E-state index contributed by atoms with van der Waals surface area (Å²) in [5.41, 5.74) is 28.3. The highest BCUT2D eigenvalue weighted by atomic mass is 15.2. The molecular weight excluding hydrogens is 1040 g/mol. The molecule has 0 aliphatic rings. The molecule has 0 radical (unpaired) electrons. The van der Waals surface area contributed by atoms with Crippen LogP contribution < -0.4 is 9.80 Å². The van der Waals surface area contributed by atoms with Crippen LogP contribution in [0.2, 0.25) is 0 Å². The molecule has 0 aromatic heterocycles. The number of aryl methyl sites for hydroxylation is 6. The van der Waals surface area contributed by atoms with Crippen LogP contribution in [0.5, 0.6) is 0 Å². The van der Waals surface area contributed by atoms with E-state index in [-0.39, 0.29) is 0 Å². The lowest BCUT2D eigenvalue weighted by atomic mass is 9.97. The van der Waals surface area contributed by atoms with E-state index in [1.165, 1.54) is 78.2 Å². The fourth-order valence-corrected chi connectivity index (χ4v) is 11.6. The molecule has 2 heteroatoms. The van der Waals surface area contributed by atoms with Crippen LogP contribution in [0.15, 0.2) is 291 Å². The first kappa shape index (κ1) is 57.3. The zero-order valence-electron chi connectivity index (χ0n) is 50.1. The van der Waals surface area contributed by atoms with Gasteiger partial charge in [-0.2, -0.15) is 0 Å². The maximum absolute atomic E-state index is 2.39. The number of rotatable bonds is 18. The molecule has 0 aliphatic carbocycles. The molecule has 0 bridgehead atoms. The van der Waals surface area contributed by atoms with Gasteiger partial charge < -0.3 is 9.80 Å². The molecular formula is C84H72N2. The van der Waals surface area contributed by atoms with Crippen molar-refractivity contribution in [2.75, 3.05) is 9.80 Å². The van der Waals surface area contributed by atoms with Crippen LogP contribution >= 0.6 is 0 Å². The molecule has 0 N–H and O–H groups in total. The standard InChI is InChI=1S/C84H72N2/c1-61-57-63(3)83(64(4)58-61)85(77-49-41-67(42-50-77)21-19-31-81(73-23-11-7-12-24-73)74-25-13-8-14-26-74)79-53-45-71(46-54-79)39-37-69-33-35-70(36-34-69)38-40-72-47-55-80(56-48-72)86(84-65(5)59-62(2)60-66(84)6)78-51-43-68(44-52-78)22-20-32-82(75-27-15-9-16-28-75)76-29-17-10-18-30-76/h7-60H,1-6H3. The van der Waals surface area contributed by atoms with E-state index in [4.69, 9.17) is 0 Å². The smallest absolute Gasteiger partial charge is 0.0520 e. The second kappa shape index (κ2) is 27.2. The van der Waals surface area contributed by atoms with Crippen molar-refractivity contribution in [2.24, 2.45) is 0 Å². The summed E-state index contributed by atoms with van der Waals surface area (Å²) in [5.74, 6) is 0. The van der Waals surface area contributed by atoms with Gasteiger partial charge in [-0.15, -0.1) is 0 Å². The van der Waals surface area contributed by atoms with Crippen LogP contribution in [0.3, 0.4) is 0 Å². The Hall–Kier alpha value is -10.5. The van der Waals surface area contributed by atoms with Gasteiger partial charge >= 0.3 is 0 Å². The summed E-state index contributed by atoms with van der Waals surface area (Å²) in [7, 11) is 0. The van der Waals surface area contributed by atoms with E-state index in [0.29, 0.717) is 0 Å². The summed E-state index contributed by atoms with van der Waals surface area (Å²) in [6.45, 7) is 13.2. The Morgan fingerprint density at radius 1 is 0.244 bits per heavy atom. The third-order valence-electron chi connectivity index (χ3n) is 15.6. The second-order valence-corrected chi connectivity index (χ2v) is 22.2. The molecule has 0 unspecified atom stereocenters. The lowest BCUT2D eigenvalue weighted by molar-refractivity contribution is 1.20. The molecule has 11 aromatic carbocycles. The molecule has 11 aromatic rings. The number of hydrogen-bond acceptors (Lipinski definition) is 2. The summed E-state index contributed by atoms with van der Waals surface area (Å²) < 4.78 is 0. The summed E-state index contributed by atoms with van der Waals surface area (Å²) >= 11 is 0. The average Bonchev–Trinajstić information content (AvgIpc) is 3.72. The molecule has 0 heterocycles. The highest BCUT2D eigenvalue weighted by Crippen LogP contribution is 2.41. The Morgan fingerprint density at radius 2 is 0.453 bits per heavy atom. The third kappa shape index (κ3) is 14.1. The third-order valence-corrected chi connectivity index (χ3v) is 15.6. The Kier molecular flexibility index (Phi) is 18.1. The maximum atomic E-state index is 2.39. The summed E-state index contributed by atoms with van der Waals surface area (Å²) in [4.78, 5) is 4.78. The molecule has 0 fully saturated rings. The lowest BCUT2D eigenvalue weighted by Gasteiger charge is -2.29. The van der Waals surface area contributed by atoms with Crippen LogP contribution in [-0.4, -0.2) is 0 Å². The van der Waals surface area contributed by atoms with Gasteiger partial charge in [-0.25, -0.2) is 0 Å². The Morgan fingerprint density at radius 3 is 0.686 bits per heavy atom. The fraction of sp³-hybridized carbons (Fsp3) is 0.0714. The number of allylic oxidation sites excluding steroid dienone is 4. The van der Waals surface area contributed by atoms with Crippen molar-refractivity contribution in [1.29, 1.82) is 0 Å². The molecule has 0 atom stereocenters. The predicted octanol–water partition coefficient (Wildman–Crippen LogP) is 23.1. The first-order valence-corrected chi connectivity index (χ1v) is 29.7. The van der Waals surface area contributed by atoms with E-state index < -0.39 is 0 Å². The van der Waals surface area contributed by atoms with Crippen LogP contribution in [0.1, 0.15) is 89.0 Å². The predicted molar refractivity (Wildman–Crippen MR) is 373 cm³/mol. The summed E-state index contributed by atoms with van der Waals surface area (Å²) in [6, 6.07) is 95.8. The van der Waals surface area contributed by atoms with Crippen LogP contribution in [0, 0.1) is 41.5 Å². The van der Waals surface area contributed by atoms with E-state index >= 15 is 0 Å². The zero-order chi connectivity index (χ0) is 59.2. The van der Waals surface area contributed by atoms with Crippen LogP contribution in [0.25, 0.3) is 47.6 Å². The minimum absolute atomic E-state index is 1.11. The zero-order valence-corrected chi connectivity index (χ0v) is 50.1. The maximum Gasteiger partial charge on any atom is 0.0520 e. The van der Waals surface area contributed by atoms with E-state index in [0.717, 1.165) is 56.1 Å². The van der Waals surface area contributed by atoms with Crippen molar-refractivity contribution < 1.29 is 0 Å². The minimum atomic E-state index is 1.11. The molecule has 11 rings (SSSR count). The highest BCUT2D eigenvalue weighted by Gasteiger charge is 2.19. The molecule has 0 spiro atoms. The van der Waals surface area contributed by atoms with Crippen LogP contribution in [0.4, 0.5) is 34.1 Å². The topological polar surface area (TPSA) is 6.48 Å². The van der Waals surface area contributed by atoms with Crippen molar-refractivity contribution in [3.8, 4) is 0 Å². The largest absolute Gasteiger partial charge is 0.310 e. The molecule has 0 aliphatic heterocycles. The normalized spacial score (nSPS) is 11.4. The number of nitrogens with zero attached hydrogens (tertiary/aromatic N) is 2. The van der Waals surface area contributed by atoms with E-state index in [9.17, 15) is 0 Å². The number of hydrogen-bond donors (Lipinski definition) is 0. The fourth-order valence-electron chi connectivity index (χ4n) is 11.6. The Bertz CT molecular complexity index is 3830. The Balaban J connectivity index is 0.769. The summed E-state index contributed by atoms with van der Waals surface area (Å²) in [5, 5.41) is 0. The Labute approximate surface area is 510 Å². The van der Waals surface area contributed by atoms with Crippen molar-refractivity contribution in [3.63, 3.8) is 0 Å². The molecule has 0 amide bonds. The van der Waals surface area contributed by atoms with Gasteiger partial charge in [0.05, 0.1) is 11.4 Å². The van der Waals surface area contributed by atoms with Gasteiger partial charge in [0, 0.05) is 22.7 Å². The molecule has 418 valence electrons. The van der Waals surface area contributed by atoms with Gasteiger partial charge in [0.1, 0.15) is 0 Å². The quantitative estimate of drug-likeness (QED) is 0.0624. The van der Waals surface area contributed by atoms with E-state index in [2.05, 4.69) is 379 Å². The molecule has 2 nitrogen and oxygen atoms in total. The van der Waals surface area contributed by atoms with Crippen molar-refractivity contribution >= 4 is 81.7 Å². The minimum Gasteiger partial charge on any atom is -0.310 e. The van der Waals surface area contributed by atoms with E-state index in [1.54, 1.807) is 0 Å². The van der Waals surface area contributed by atoms with Crippen molar-refractivity contribution in [1.82, 2.24) is 0 Å². The van der Waals surface area contributed by atoms with Gasteiger partial charge in [-0.1, -0.05) is 290 Å². The first-order chi connectivity index (χ1) is 42.1. The van der Waals surface area contributed by atoms with Gasteiger partial charge in [0.2, 0.25) is 0 Å². The van der Waals surface area contributed by atoms with Gasteiger partial charge in [0.15, 0.2) is 0 Å². The summed E-state index contributed by atoms with van der Waals surface area (Å²) in [6.07, 6.45) is 21.9. The van der Waals surface area contributed by atoms with Gasteiger partial charge in [-0.3, -0.25) is 0 Å². The van der Waals surface area contributed by atoms with Crippen molar-refractivity contribution in [3.05, 3.63) is 380 Å². The second-order valence-electron chi connectivity index (χ2n) is 22.2. The molecule has 0 saturated heterocycles. The molecule has 0 saturated carbocycles. The monoisotopic (exact) mass is 1110 g/mol. The van der Waals surface area contributed by atoms with Crippen molar-refractivity contribution in [2.45, 2.75) is 41.5 Å². The first-order valence-electron chi connectivity index (χ1n) is 29.7. The highest BCUT2D eigenvalue weighted by molar-refractivity contribution is 5.86. The van der Waals surface area contributed by atoms with E-state index in [1.807, 2.05) is 0 Å². The lowest BCUT2D eigenvalue weighted by Crippen LogP contribution is -2.13.